The molecule has 0 saturated carbocycles. The zero-order valence-corrected chi connectivity index (χ0v) is 10.7. The van der Waals surface area contributed by atoms with Gasteiger partial charge in [-0.3, -0.25) is 0 Å². The average Bonchev–Trinajstić information content (AvgIpc) is 2.74. The van der Waals surface area contributed by atoms with E-state index in [9.17, 15) is 4.39 Å². The van der Waals surface area contributed by atoms with Gasteiger partial charge >= 0.3 is 0 Å². The predicted molar refractivity (Wildman–Crippen MR) is 67.0 cm³/mol. The third-order valence-corrected chi connectivity index (χ3v) is 3.27. The second-order valence-corrected chi connectivity index (χ2v) is 4.82. The van der Waals surface area contributed by atoms with Crippen molar-refractivity contribution in [3.8, 4) is 5.75 Å². The molecule has 0 aliphatic carbocycles. The van der Waals surface area contributed by atoms with Crippen LogP contribution in [0.5, 0.6) is 5.75 Å². The van der Waals surface area contributed by atoms with Gasteiger partial charge in [-0.25, -0.2) is 9.37 Å². The molecule has 0 aliphatic rings. The van der Waals surface area contributed by atoms with Crippen LogP contribution >= 0.6 is 11.3 Å². The Labute approximate surface area is 104 Å². The molecule has 0 aliphatic heterocycles. The lowest BCUT2D eigenvalue weighted by molar-refractivity contribution is 0.301. The number of halogens is 1. The molecule has 0 amide bonds. The van der Waals surface area contributed by atoms with Gasteiger partial charge in [0.15, 0.2) is 0 Å². The van der Waals surface area contributed by atoms with Gasteiger partial charge in [0, 0.05) is 5.38 Å². The maximum atomic E-state index is 13.3. The quantitative estimate of drug-likeness (QED) is 0.826. The van der Waals surface area contributed by atoms with E-state index in [-0.39, 0.29) is 5.82 Å². The molecule has 0 spiro atoms. The summed E-state index contributed by atoms with van der Waals surface area (Å²) >= 11 is 1.60. The lowest BCUT2D eigenvalue weighted by Gasteiger charge is -2.06. The third kappa shape index (κ3) is 3.03. The van der Waals surface area contributed by atoms with Gasteiger partial charge in [-0.05, 0) is 37.1 Å². The molecule has 2 nitrogen and oxygen atoms in total. The molecule has 2 aromatic rings. The van der Waals surface area contributed by atoms with Crippen LogP contribution in [0.15, 0.2) is 23.6 Å². The van der Waals surface area contributed by atoms with E-state index in [4.69, 9.17) is 4.74 Å². The van der Waals surface area contributed by atoms with Gasteiger partial charge in [0.2, 0.25) is 0 Å². The Kier molecular flexibility index (Phi) is 3.74. The fourth-order valence-corrected chi connectivity index (χ4v) is 2.14. The molecule has 4 heteroatoms. The Morgan fingerprint density at radius 3 is 2.88 bits per heavy atom. The molecule has 1 aromatic heterocycles. The molecular formula is C13H14FNOS. The molecule has 1 heterocycles. The van der Waals surface area contributed by atoms with Crippen LogP contribution in [0.4, 0.5) is 4.39 Å². The monoisotopic (exact) mass is 251 g/mol. The summed E-state index contributed by atoms with van der Waals surface area (Å²) in [5, 5.41) is 3.00. The molecule has 0 N–H and O–H groups in total. The van der Waals surface area contributed by atoms with Crippen molar-refractivity contribution in [1.82, 2.24) is 4.98 Å². The average molecular weight is 251 g/mol. The first kappa shape index (κ1) is 12.0. The van der Waals surface area contributed by atoms with E-state index in [0.717, 1.165) is 10.7 Å². The highest BCUT2D eigenvalue weighted by molar-refractivity contribution is 7.09. The van der Waals surface area contributed by atoms with Gasteiger partial charge in [-0.1, -0.05) is 6.92 Å². The summed E-state index contributed by atoms with van der Waals surface area (Å²) in [5.74, 6) is 0.512. The number of thiazole rings is 1. The molecule has 0 saturated heterocycles. The van der Waals surface area contributed by atoms with Crippen molar-refractivity contribution < 1.29 is 9.13 Å². The van der Waals surface area contributed by atoms with E-state index in [1.54, 1.807) is 23.5 Å². The third-order valence-electron chi connectivity index (χ3n) is 2.45. The molecule has 0 unspecified atom stereocenters. The number of nitrogens with zero attached hydrogens (tertiary/aromatic N) is 1. The minimum absolute atomic E-state index is 0.177. The zero-order valence-electron chi connectivity index (χ0n) is 9.87. The van der Waals surface area contributed by atoms with Crippen LogP contribution < -0.4 is 4.74 Å². The minimum atomic E-state index is -0.177. The summed E-state index contributed by atoms with van der Waals surface area (Å²) in [6.07, 6.45) is 0.666. The van der Waals surface area contributed by atoms with Crippen LogP contribution in [0.3, 0.4) is 0 Å². The number of rotatable bonds is 4. The highest BCUT2D eigenvalue weighted by Gasteiger charge is 2.04. The first-order valence-electron chi connectivity index (χ1n) is 5.51. The summed E-state index contributed by atoms with van der Waals surface area (Å²) in [6, 6.07) is 4.84. The second kappa shape index (κ2) is 5.27. The first-order valence-corrected chi connectivity index (χ1v) is 6.39. The van der Waals surface area contributed by atoms with Gasteiger partial charge in [-0.15, -0.1) is 11.3 Å². The Balaban J connectivity index is 2.04. The lowest BCUT2D eigenvalue weighted by atomic mass is 10.1. The largest absolute Gasteiger partial charge is 0.487 e. The number of aromatic nitrogens is 1. The summed E-state index contributed by atoms with van der Waals surface area (Å²) in [5.41, 5.74) is 1.59. The van der Waals surface area contributed by atoms with Crippen LogP contribution in [0.25, 0.3) is 0 Å². The number of hydrogen-bond donors (Lipinski definition) is 0. The molecule has 90 valence electrons. The summed E-state index contributed by atoms with van der Waals surface area (Å²) < 4.78 is 18.9. The van der Waals surface area contributed by atoms with Crippen molar-refractivity contribution in [2.45, 2.75) is 26.9 Å². The van der Waals surface area contributed by atoms with E-state index in [1.165, 1.54) is 6.07 Å². The van der Waals surface area contributed by atoms with Crippen LogP contribution in [-0.4, -0.2) is 4.98 Å². The standard InChI is InChI=1S/C13H14FNOS/c1-3-10-6-12(4-5-13(10)14)16-7-11-8-17-9(2)15-11/h4-6,8H,3,7H2,1-2H3. The van der Waals surface area contributed by atoms with E-state index < -0.39 is 0 Å². The van der Waals surface area contributed by atoms with Gasteiger partial charge in [0.05, 0.1) is 10.7 Å². The summed E-state index contributed by atoms with van der Waals surface area (Å²) in [6.45, 7) is 4.31. The Morgan fingerprint density at radius 1 is 1.41 bits per heavy atom. The smallest absolute Gasteiger partial charge is 0.131 e. The molecule has 17 heavy (non-hydrogen) atoms. The van der Waals surface area contributed by atoms with Crippen LogP contribution in [-0.2, 0) is 13.0 Å². The molecule has 0 atom stereocenters. The molecule has 0 fully saturated rings. The zero-order chi connectivity index (χ0) is 12.3. The van der Waals surface area contributed by atoms with E-state index in [1.807, 2.05) is 19.2 Å². The van der Waals surface area contributed by atoms with E-state index in [2.05, 4.69) is 4.98 Å². The van der Waals surface area contributed by atoms with Crippen molar-refractivity contribution in [1.29, 1.82) is 0 Å². The fraction of sp³-hybridized carbons (Fsp3) is 0.308. The molecule has 1 aromatic carbocycles. The number of ether oxygens (including phenoxy) is 1. The van der Waals surface area contributed by atoms with Gasteiger partial charge in [0.1, 0.15) is 18.2 Å². The van der Waals surface area contributed by atoms with Crippen molar-refractivity contribution in [3.05, 3.63) is 45.7 Å². The molecule has 2 rings (SSSR count). The number of benzene rings is 1. The first-order chi connectivity index (χ1) is 8.19. The van der Waals surface area contributed by atoms with Crippen molar-refractivity contribution in [3.63, 3.8) is 0 Å². The Morgan fingerprint density at radius 2 is 2.24 bits per heavy atom. The van der Waals surface area contributed by atoms with Gasteiger partial charge in [0.25, 0.3) is 0 Å². The highest BCUT2D eigenvalue weighted by Crippen LogP contribution is 2.19. The van der Waals surface area contributed by atoms with Gasteiger partial charge in [-0.2, -0.15) is 0 Å². The molecule has 0 bridgehead atoms. The Hall–Kier alpha value is -1.42. The maximum Gasteiger partial charge on any atom is 0.131 e. The number of aryl methyl sites for hydroxylation is 2. The fourth-order valence-electron chi connectivity index (χ4n) is 1.54. The summed E-state index contributed by atoms with van der Waals surface area (Å²) in [7, 11) is 0. The topological polar surface area (TPSA) is 22.1 Å². The maximum absolute atomic E-state index is 13.3. The number of hydrogen-bond acceptors (Lipinski definition) is 3. The molecule has 0 radical (unpaired) electrons. The van der Waals surface area contributed by atoms with E-state index >= 15 is 0 Å². The van der Waals surface area contributed by atoms with Crippen LogP contribution in [0.1, 0.15) is 23.2 Å². The minimum Gasteiger partial charge on any atom is -0.487 e. The Bertz CT molecular complexity index is 510. The predicted octanol–water partition coefficient (Wildman–Crippen LogP) is 3.73. The van der Waals surface area contributed by atoms with Crippen molar-refractivity contribution in [2.24, 2.45) is 0 Å². The van der Waals surface area contributed by atoms with Crippen molar-refractivity contribution >= 4 is 11.3 Å². The molecular weight excluding hydrogens is 237 g/mol. The van der Waals surface area contributed by atoms with Crippen LogP contribution in [0, 0.1) is 12.7 Å². The normalized spacial score (nSPS) is 10.5. The van der Waals surface area contributed by atoms with Crippen LogP contribution in [0.2, 0.25) is 0 Å². The summed E-state index contributed by atoms with van der Waals surface area (Å²) in [4.78, 5) is 4.31. The second-order valence-electron chi connectivity index (χ2n) is 3.75. The van der Waals surface area contributed by atoms with Gasteiger partial charge < -0.3 is 4.74 Å². The van der Waals surface area contributed by atoms with E-state index in [0.29, 0.717) is 24.3 Å². The lowest BCUT2D eigenvalue weighted by Crippen LogP contribution is -1.97. The van der Waals surface area contributed by atoms with Crippen molar-refractivity contribution in [2.75, 3.05) is 0 Å². The highest BCUT2D eigenvalue weighted by atomic mass is 32.1. The SMILES string of the molecule is CCc1cc(OCc2csc(C)n2)ccc1F.